The number of carbonyl (C=O) groups excluding carboxylic acids is 2. The lowest BCUT2D eigenvalue weighted by molar-refractivity contribution is -0.139. The van der Waals surface area contributed by atoms with E-state index in [4.69, 9.17) is 34.8 Å². The summed E-state index contributed by atoms with van der Waals surface area (Å²) < 4.78 is 40.6. The van der Waals surface area contributed by atoms with E-state index >= 15 is 0 Å². The van der Waals surface area contributed by atoms with Gasteiger partial charge in [0.25, 0.3) is 0 Å². The summed E-state index contributed by atoms with van der Waals surface area (Å²) in [7, 11) is -4.02. The van der Waals surface area contributed by atoms with Crippen molar-refractivity contribution in [1.29, 1.82) is 0 Å². The van der Waals surface area contributed by atoms with Gasteiger partial charge in [-0.2, -0.15) is 0 Å². The number of anilines is 1. The van der Waals surface area contributed by atoms with E-state index in [0.29, 0.717) is 0 Å². The second-order valence-electron chi connectivity index (χ2n) is 8.77. The van der Waals surface area contributed by atoms with Gasteiger partial charge in [0.15, 0.2) is 0 Å². The molecule has 0 aromatic heterocycles. The quantitative estimate of drug-likeness (QED) is 0.423. The average molecular weight is 579 g/mol. The monoisotopic (exact) mass is 577 g/mol. The van der Waals surface area contributed by atoms with Gasteiger partial charge in [0.2, 0.25) is 21.8 Å². The first kappa shape index (κ1) is 28.5. The van der Waals surface area contributed by atoms with E-state index in [0.717, 1.165) is 41.1 Å². The highest BCUT2D eigenvalue weighted by Gasteiger charge is 2.32. The van der Waals surface area contributed by atoms with E-state index in [-0.39, 0.29) is 38.9 Å². The summed E-state index contributed by atoms with van der Waals surface area (Å²) in [6, 6.07) is 7.41. The minimum atomic E-state index is -4.02. The lowest BCUT2D eigenvalue weighted by atomic mass is 10.1. The molecule has 1 atom stereocenters. The third kappa shape index (κ3) is 7.03. The highest BCUT2D eigenvalue weighted by molar-refractivity contribution is 7.92. The summed E-state index contributed by atoms with van der Waals surface area (Å²) in [6.45, 7) is 0.601. The van der Waals surface area contributed by atoms with Gasteiger partial charge in [-0.05, 0) is 38.0 Å². The summed E-state index contributed by atoms with van der Waals surface area (Å²) >= 11 is 18.3. The molecule has 0 radical (unpaired) electrons. The third-order valence-corrected chi connectivity index (χ3v) is 8.26. The molecule has 7 nitrogen and oxygen atoms in total. The molecule has 36 heavy (non-hydrogen) atoms. The lowest BCUT2D eigenvalue weighted by Gasteiger charge is -2.32. The van der Waals surface area contributed by atoms with E-state index < -0.39 is 40.2 Å². The maximum absolute atomic E-state index is 14.5. The van der Waals surface area contributed by atoms with Crippen molar-refractivity contribution in [3.8, 4) is 0 Å². The zero-order chi connectivity index (χ0) is 26.6. The Balaban J connectivity index is 1.94. The van der Waals surface area contributed by atoms with Gasteiger partial charge >= 0.3 is 0 Å². The smallest absolute Gasteiger partial charge is 0.244 e. The van der Waals surface area contributed by atoms with Crippen LogP contribution in [0, 0.1) is 5.82 Å². The molecule has 0 saturated heterocycles. The Hall–Kier alpha value is -2.07. The zero-order valence-corrected chi connectivity index (χ0v) is 22.9. The number of benzene rings is 2. The van der Waals surface area contributed by atoms with Crippen LogP contribution in [0.1, 0.15) is 38.2 Å². The van der Waals surface area contributed by atoms with Crippen LogP contribution in [0.5, 0.6) is 0 Å². The minimum absolute atomic E-state index is 0.00731. The van der Waals surface area contributed by atoms with Crippen LogP contribution in [-0.4, -0.2) is 50.0 Å². The number of hydrogen-bond donors (Lipinski definition) is 1. The van der Waals surface area contributed by atoms with Crippen LogP contribution >= 0.6 is 34.8 Å². The number of rotatable bonds is 9. The molecule has 2 aromatic rings. The fourth-order valence-electron chi connectivity index (χ4n) is 4.08. The number of amides is 2. The summed E-state index contributed by atoms with van der Waals surface area (Å²) in [4.78, 5) is 27.7. The van der Waals surface area contributed by atoms with E-state index in [1.54, 1.807) is 6.07 Å². The standard InChI is InChI=1S/C24H27Cl3FN3O4S/c1-15(24(33)29-17-8-4-5-9-17)30(13-16-7-3-6-10-21(16)28)23(32)14-31(36(2,34)35)22-12-19(26)18(25)11-20(22)27/h3,6-7,10-12,15,17H,4-5,8-9,13-14H2,1-2H3,(H,29,33)/t15-/m0/s1. The zero-order valence-electron chi connectivity index (χ0n) is 19.8. The van der Waals surface area contributed by atoms with Crippen LogP contribution in [0.15, 0.2) is 36.4 Å². The van der Waals surface area contributed by atoms with Gasteiger partial charge < -0.3 is 10.2 Å². The molecule has 1 N–H and O–H groups in total. The van der Waals surface area contributed by atoms with E-state index in [1.807, 2.05) is 0 Å². The van der Waals surface area contributed by atoms with E-state index in [2.05, 4.69) is 5.32 Å². The Bertz CT molecular complexity index is 1240. The van der Waals surface area contributed by atoms with Crippen molar-refractivity contribution < 1.29 is 22.4 Å². The predicted molar refractivity (Wildman–Crippen MR) is 140 cm³/mol. The van der Waals surface area contributed by atoms with Crippen molar-refractivity contribution in [2.75, 3.05) is 17.1 Å². The molecule has 0 heterocycles. The first-order chi connectivity index (χ1) is 16.9. The number of nitrogens with one attached hydrogen (secondary N) is 1. The summed E-state index contributed by atoms with van der Waals surface area (Å²) in [5.41, 5.74) is 0.140. The molecule has 1 aliphatic rings. The van der Waals surface area contributed by atoms with Crippen molar-refractivity contribution in [1.82, 2.24) is 10.2 Å². The molecular formula is C24H27Cl3FN3O4S. The van der Waals surface area contributed by atoms with Crippen LogP contribution in [0.2, 0.25) is 15.1 Å². The molecule has 1 aliphatic carbocycles. The van der Waals surface area contributed by atoms with Crippen LogP contribution in [0.4, 0.5) is 10.1 Å². The Morgan fingerprint density at radius 3 is 2.31 bits per heavy atom. The highest BCUT2D eigenvalue weighted by Crippen LogP contribution is 2.35. The normalized spacial score (nSPS) is 14.9. The lowest BCUT2D eigenvalue weighted by Crippen LogP contribution is -2.52. The maximum atomic E-state index is 14.5. The second kappa shape index (κ2) is 12.0. The predicted octanol–water partition coefficient (Wildman–Crippen LogP) is 5.03. The van der Waals surface area contributed by atoms with Crippen LogP contribution in [-0.2, 0) is 26.2 Å². The van der Waals surface area contributed by atoms with E-state index in [9.17, 15) is 22.4 Å². The molecule has 2 amide bonds. The van der Waals surface area contributed by atoms with Gasteiger partial charge in [-0.3, -0.25) is 13.9 Å². The molecule has 2 aromatic carbocycles. The maximum Gasteiger partial charge on any atom is 0.244 e. The summed E-state index contributed by atoms with van der Waals surface area (Å²) in [6.07, 6.45) is 4.61. The fraction of sp³-hybridized carbons (Fsp3) is 0.417. The van der Waals surface area contributed by atoms with Crippen molar-refractivity contribution in [3.63, 3.8) is 0 Å². The number of halogens is 4. The molecule has 196 valence electrons. The summed E-state index contributed by atoms with van der Waals surface area (Å²) in [5, 5.41) is 3.07. The SMILES string of the molecule is C[C@@H](C(=O)NC1CCCC1)N(Cc1ccccc1F)C(=O)CN(c1cc(Cl)c(Cl)cc1Cl)S(C)(=O)=O. The molecule has 1 saturated carbocycles. The van der Waals surface area contributed by atoms with Crippen molar-refractivity contribution >= 4 is 62.3 Å². The van der Waals surface area contributed by atoms with Crippen molar-refractivity contribution in [2.24, 2.45) is 0 Å². The first-order valence-corrected chi connectivity index (χ1v) is 14.3. The van der Waals surface area contributed by atoms with Crippen LogP contribution in [0.3, 0.4) is 0 Å². The van der Waals surface area contributed by atoms with Crippen LogP contribution < -0.4 is 9.62 Å². The number of hydrogen-bond acceptors (Lipinski definition) is 4. The second-order valence-corrected chi connectivity index (χ2v) is 11.9. The first-order valence-electron chi connectivity index (χ1n) is 11.3. The molecule has 0 unspecified atom stereocenters. The highest BCUT2D eigenvalue weighted by atomic mass is 35.5. The third-order valence-electron chi connectivity index (χ3n) is 6.11. The molecule has 0 bridgehead atoms. The Morgan fingerprint density at radius 2 is 1.69 bits per heavy atom. The number of carbonyl (C=O) groups is 2. The molecule has 1 fully saturated rings. The Labute approximate surface area is 225 Å². The van der Waals surface area contributed by atoms with Gasteiger partial charge in [0, 0.05) is 18.2 Å². The topological polar surface area (TPSA) is 86.8 Å². The van der Waals surface area contributed by atoms with E-state index in [1.165, 1.54) is 37.3 Å². The van der Waals surface area contributed by atoms with Gasteiger partial charge in [-0.1, -0.05) is 65.8 Å². The number of nitrogens with zero attached hydrogens (tertiary/aromatic N) is 2. The molecule has 3 rings (SSSR count). The Kier molecular flexibility index (Phi) is 9.49. The molecule has 12 heteroatoms. The van der Waals surface area contributed by atoms with Gasteiger partial charge in [-0.15, -0.1) is 0 Å². The fourth-order valence-corrected chi connectivity index (χ4v) is 5.63. The Morgan fingerprint density at radius 1 is 1.08 bits per heavy atom. The summed E-state index contributed by atoms with van der Waals surface area (Å²) in [5.74, 6) is -1.67. The number of sulfonamides is 1. The largest absolute Gasteiger partial charge is 0.352 e. The minimum Gasteiger partial charge on any atom is -0.352 e. The molecule has 0 spiro atoms. The van der Waals surface area contributed by atoms with Gasteiger partial charge in [0.05, 0.1) is 27.0 Å². The van der Waals surface area contributed by atoms with Gasteiger partial charge in [0.1, 0.15) is 18.4 Å². The molecule has 0 aliphatic heterocycles. The van der Waals surface area contributed by atoms with Crippen molar-refractivity contribution in [3.05, 3.63) is 62.8 Å². The van der Waals surface area contributed by atoms with Crippen molar-refractivity contribution in [2.45, 2.75) is 51.2 Å². The average Bonchev–Trinajstić information content (AvgIpc) is 3.31. The van der Waals surface area contributed by atoms with Gasteiger partial charge in [-0.25, -0.2) is 12.8 Å². The molecular weight excluding hydrogens is 552 g/mol. The van der Waals surface area contributed by atoms with Crippen LogP contribution in [0.25, 0.3) is 0 Å².